The minimum absolute atomic E-state index is 0.0138. The average Bonchev–Trinajstić information content (AvgIpc) is 3.29. The number of aromatic nitrogens is 4. The molecule has 0 radical (unpaired) electrons. The van der Waals surface area contributed by atoms with Gasteiger partial charge in [0.2, 0.25) is 5.91 Å². The number of hydrogen-bond donors (Lipinski definition) is 2. The number of H-pyrrole nitrogens is 1. The molecule has 7 heteroatoms. The molecule has 0 aliphatic carbocycles. The van der Waals surface area contributed by atoms with Crippen molar-refractivity contribution in [2.45, 2.75) is 32.1 Å². The number of carbonyl (C=O) groups is 1. The van der Waals surface area contributed by atoms with Gasteiger partial charge in [0, 0.05) is 24.2 Å². The van der Waals surface area contributed by atoms with Gasteiger partial charge in [-0.15, -0.1) is 0 Å². The van der Waals surface area contributed by atoms with Gasteiger partial charge in [-0.1, -0.05) is 12.5 Å². The van der Waals surface area contributed by atoms with Crippen molar-refractivity contribution in [2.75, 3.05) is 25.0 Å². The summed E-state index contributed by atoms with van der Waals surface area (Å²) >= 11 is 0. The van der Waals surface area contributed by atoms with E-state index in [4.69, 9.17) is 0 Å². The van der Waals surface area contributed by atoms with E-state index in [0.29, 0.717) is 12.2 Å². The maximum Gasteiger partial charge on any atom is 0.225 e. The van der Waals surface area contributed by atoms with Crippen LogP contribution in [0.15, 0.2) is 36.7 Å². The first-order chi connectivity index (χ1) is 12.8. The number of nitrogens with zero attached hydrogens (tertiary/aromatic N) is 4. The number of likely N-dealkylation sites (tertiary alicyclic amines) is 1. The summed E-state index contributed by atoms with van der Waals surface area (Å²) in [5, 5.41) is 14.4. The van der Waals surface area contributed by atoms with Crippen LogP contribution in [0.2, 0.25) is 0 Å². The number of rotatable bonds is 6. The Hall–Kier alpha value is -2.67. The van der Waals surface area contributed by atoms with Crippen LogP contribution in [0.4, 0.5) is 5.82 Å². The lowest BCUT2D eigenvalue weighted by Crippen LogP contribution is -2.31. The molecule has 0 saturated carbocycles. The first kappa shape index (κ1) is 16.8. The Labute approximate surface area is 152 Å². The summed E-state index contributed by atoms with van der Waals surface area (Å²) in [5.74, 6) is 0.568. The quantitative estimate of drug-likeness (QED) is 0.715. The molecule has 1 amide bonds. The van der Waals surface area contributed by atoms with Crippen molar-refractivity contribution in [3.8, 4) is 11.3 Å². The third-order valence-electron chi connectivity index (χ3n) is 4.89. The SMILES string of the molecule is O=C(CCCN1CCCCC1)Nc1cc(-c2cnn3ccccc23)[nH]n1. The van der Waals surface area contributed by atoms with Crippen LogP contribution < -0.4 is 5.32 Å². The Morgan fingerprint density at radius 3 is 3.00 bits per heavy atom. The predicted molar refractivity (Wildman–Crippen MR) is 101 cm³/mol. The molecule has 3 aromatic heterocycles. The van der Waals surface area contributed by atoms with E-state index in [-0.39, 0.29) is 5.91 Å². The molecular weight excluding hydrogens is 328 g/mol. The molecule has 1 aliphatic rings. The summed E-state index contributed by atoms with van der Waals surface area (Å²) in [6.45, 7) is 3.34. The molecule has 0 atom stereocenters. The second-order valence-corrected chi connectivity index (χ2v) is 6.81. The van der Waals surface area contributed by atoms with Crippen LogP contribution in [-0.4, -0.2) is 50.3 Å². The van der Waals surface area contributed by atoms with E-state index in [1.54, 1.807) is 6.20 Å². The molecule has 2 N–H and O–H groups in total. The van der Waals surface area contributed by atoms with E-state index in [2.05, 4.69) is 25.5 Å². The van der Waals surface area contributed by atoms with E-state index >= 15 is 0 Å². The molecule has 4 rings (SSSR count). The third kappa shape index (κ3) is 3.77. The van der Waals surface area contributed by atoms with Gasteiger partial charge in [-0.2, -0.15) is 10.2 Å². The van der Waals surface area contributed by atoms with Gasteiger partial charge in [0.05, 0.1) is 17.4 Å². The first-order valence-corrected chi connectivity index (χ1v) is 9.30. The number of fused-ring (bicyclic) bond motifs is 1. The summed E-state index contributed by atoms with van der Waals surface area (Å²) in [7, 11) is 0. The number of anilines is 1. The Morgan fingerprint density at radius 2 is 2.12 bits per heavy atom. The lowest BCUT2D eigenvalue weighted by atomic mass is 10.1. The van der Waals surface area contributed by atoms with Gasteiger partial charge in [0.25, 0.3) is 0 Å². The van der Waals surface area contributed by atoms with Crippen molar-refractivity contribution in [1.82, 2.24) is 24.7 Å². The number of pyridine rings is 1. The van der Waals surface area contributed by atoms with Crippen LogP contribution >= 0.6 is 0 Å². The number of hydrogen-bond acceptors (Lipinski definition) is 4. The zero-order chi connectivity index (χ0) is 17.8. The Morgan fingerprint density at radius 1 is 1.23 bits per heavy atom. The van der Waals surface area contributed by atoms with E-state index < -0.39 is 0 Å². The van der Waals surface area contributed by atoms with Crippen molar-refractivity contribution in [1.29, 1.82) is 0 Å². The minimum Gasteiger partial charge on any atom is -0.309 e. The molecule has 0 bridgehead atoms. The topological polar surface area (TPSA) is 78.3 Å². The molecule has 7 nitrogen and oxygen atoms in total. The molecule has 0 aromatic carbocycles. The molecule has 26 heavy (non-hydrogen) atoms. The van der Waals surface area contributed by atoms with Gasteiger partial charge in [-0.25, -0.2) is 4.52 Å². The van der Waals surface area contributed by atoms with Gasteiger partial charge in [0.1, 0.15) is 0 Å². The van der Waals surface area contributed by atoms with Crippen LogP contribution in [0, 0.1) is 0 Å². The Bertz CT molecular complexity index is 877. The number of nitrogens with one attached hydrogen (secondary N) is 2. The molecule has 1 saturated heterocycles. The Kier molecular flexibility index (Phi) is 4.97. The molecule has 136 valence electrons. The van der Waals surface area contributed by atoms with E-state index in [0.717, 1.165) is 29.7 Å². The van der Waals surface area contributed by atoms with Crippen LogP contribution in [0.25, 0.3) is 16.8 Å². The standard InChI is InChI=1S/C19H24N6O/c26-19(8-6-11-24-9-3-1-4-10-24)21-18-13-16(22-23-18)15-14-20-25-12-5-2-7-17(15)25/h2,5,7,12-14H,1,3-4,6,8-11H2,(H2,21,22,23,26). The number of aromatic amines is 1. The summed E-state index contributed by atoms with van der Waals surface area (Å²) in [6, 6.07) is 7.77. The lowest BCUT2D eigenvalue weighted by Gasteiger charge is -2.26. The molecule has 1 aliphatic heterocycles. The van der Waals surface area contributed by atoms with Crippen LogP contribution in [-0.2, 0) is 4.79 Å². The maximum absolute atomic E-state index is 12.2. The fourth-order valence-electron chi connectivity index (χ4n) is 3.52. The molecule has 4 heterocycles. The predicted octanol–water partition coefficient (Wildman–Crippen LogP) is 2.93. The van der Waals surface area contributed by atoms with Gasteiger partial charge >= 0.3 is 0 Å². The molecule has 0 unspecified atom stereocenters. The fourth-order valence-corrected chi connectivity index (χ4v) is 3.52. The summed E-state index contributed by atoms with van der Waals surface area (Å²) in [4.78, 5) is 14.6. The summed E-state index contributed by atoms with van der Waals surface area (Å²) < 4.78 is 1.81. The smallest absolute Gasteiger partial charge is 0.225 e. The van der Waals surface area contributed by atoms with Crippen molar-refractivity contribution in [3.05, 3.63) is 36.7 Å². The second kappa shape index (κ2) is 7.70. The van der Waals surface area contributed by atoms with E-state index in [1.807, 2.05) is 35.0 Å². The summed E-state index contributed by atoms with van der Waals surface area (Å²) in [5.41, 5.74) is 2.80. The van der Waals surface area contributed by atoms with Gasteiger partial charge < -0.3 is 10.2 Å². The average molecular weight is 352 g/mol. The lowest BCUT2D eigenvalue weighted by molar-refractivity contribution is -0.116. The van der Waals surface area contributed by atoms with Crippen molar-refractivity contribution < 1.29 is 4.79 Å². The zero-order valence-electron chi connectivity index (χ0n) is 14.8. The van der Waals surface area contributed by atoms with Crippen LogP contribution in [0.1, 0.15) is 32.1 Å². The highest BCUT2D eigenvalue weighted by molar-refractivity contribution is 5.90. The highest BCUT2D eigenvalue weighted by atomic mass is 16.1. The Balaban J connectivity index is 1.32. The first-order valence-electron chi connectivity index (χ1n) is 9.30. The third-order valence-corrected chi connectivity index (χ3v) is 4.89. The van der Waals surface area contributed by atoms with Gasteiger partial charge in [-0.3, -0.25) is 9.89 Å². The van der Waals surface area contributed by atoms with Gasteiger partial charge in [0.15, 0.2) is 5.82 Å². The highest BCUT2D eigenvalue weighted by Crippen LogP contribution is 2.24. The molecule has 0 spiro atoms. The summed E-state index contributed by atoms with van der Waals surface area (Å²) in [6.07, 6.45) is 9.02. The van der Waals surface area contributed by atoms with E-state index in [1.165, 1.54) is 32.4 Å². The minimum atomic E-state index is 0.0138. The largest absolute Gasteiger partial charge is 0.309 e. The highest BCUT2D eigenvalue weighted by Gasteiger charge is 2.13. The van der Waals surface area contributed by atoms with Gasteiger partial charge in [-0.05, 0) is 51.0 Å². The maximum atomic E-state index is 12.2. The van der Waals surface area contributed by atoms with Crippen molar-refractivity contribution in [3.63, 3.8) is 0 Å². The number of carbonyl (C=O) groups excluding carboxylic acids is 1. The number of piperidine rings is 1. The monoisotopic (exact) mass is 352 g/mol. The molecule has 1 fully saturated rings. The fraction of sp³-hybridized carbons (Fsp3) is 0.421. The van der Waals surface area contributed by atoms with Crippen LogP contribution in [0.5, 0.6) is 0 Å². The molecule has 3 aromatic rings. The van der Waals surface area contributed by atoms with E-state index in [9.17, 15) is 4.79 Å². The number of amides is 1. The van der Waals surface area contributed by atoms with Crippen LogP contribution in [0.3, 0.4) is 0 Å². The second-order valence-electron chi connectivity index (χ2n) is 6.81. The zero-order valence-corrected chi connectivity index (χ0v) is 14.8. The van der Waals surface area contributed by atoms with Crippen molar-refractivity contribution in [2.24, 2.45) is 0 Å². The molecular formula is C19H24N6O. The normalized spacial score (nSPS) is 15.4. The van der Waals surface area contributed by atoms with Crippen molar-refractivity contribution >= 4 is 17.2 Å².